The van der Waals surface area contributed by atoms with Crippen molar-refractivity contribution in [2.75, 3.05) is 30.9 Å². The van der Waals surface area contributed by atoms with E-state index in [2.05, 4.69) is 35.3 Å². The van der Waals surface area contributed by atoms with Gasteiger partial charge in [0, 0.05) is 37.3 Å². The first-order valence-electron chi connectivity index (χ1n) is 9.72. The fraction of sp³-hybridized carbons (Fsp3) is 0.304. The molecule has 0 amide bonds. The van der Waals surface area contributed by atoms with Gasteiger partial charge in [0.15, 0.2) is 0 Å². The van der Waals surface area contributed by atoms with Gasteiger partial charge in [-0.2, -0.15) is 4.98 Å². The maximum Gasteiger partial charge on any atom is 0.227 e. The van der Waals surface area contributed by atoms with Gasteiger partial charge in [0.1, 0.15) is 11.6 Å². The minimum absolute atomic E-state index is 0.632. The summed E-state index contributed by atoms with van der Waals surface area (Å²) in [5.41, 5.74) is 3.08. The highest BCUT2D eigenvalue weighted by Crippen LogP contribution is 2.24. The SMILES string of the molecule is CCCCN(C)c1nc(NCc2ccccc2OC)cc(-c2ccccc2)n1. The number of aromatic nitrogens is 2. The van der Waals surface area contributed by atoms with Gasteiger partial charge in [0.2, 0.25) is 5.95 Å². The maximum atomic E-state index is 5.45. The van der Waals surface area contributed by atoms with Crippen molar-refractivity contribution in [2.24, 2.45) is 0 Å². The summed E-state index contributed by atoms with van der Waals surface area (Å²) in [7, 11) is 3.74. The molecule has 0 spiro atoms. The molecule has 28 heavy (non-hydrogen) atoms. The molecule has 0 aliphatic carbocycles. The molecule has 0 saturated heterocycles. The fourth-order valence-electron chi connectivity index (χ4n) is 2.98. The zero-order valence-electron chi connectivity index (χ0n) is 16.9. The monoisotopic (exact) mass is 376 g/mol. The Morgan fingerprint density at radius 2 is 1.75 bits per heavy atom. The van der Waals surface area contributed by atoms with E-state index in [4.69, 9.17) is 14.7 Å². The number of unbranched alkanes of at least 4 members (excludes halogenated alkanes) is 1. The van der Waals surface area contributed by atoms with Crippen LogP contribution in [-0.2, 0) is 6.54 Å². The van der Waals surface area contributed by atoms with E-state index in [1.54, 1.807) is 7.11 Å². The lowest BCUT2D eigenvalue weighted by Crippen LogP contribution is -2.21. The van der Waals surface area contributed by atoms with Crippen LogP contribution < -0.4 is 15.0 Å². The number of benzene rings is 2. The lowest BCUT2D eigenvalue weighted by molar-refractivity contribution is 0.410. The van der Waals surface area contributed by atoms with Crippen molar-refractivity contribution in [3.63, 3.8) is 0 Å². The third kappa shape index (κ3) is 5.00. The highest BCUT2D eigenvalue weighted by molar-refractivity contribution is 5.64. The number of nitrogens with one attached hydrogen (secondary N) is 1. The number of anilines is 2. The second-order valence-corrected chi connectivity index (χ2v) is 6.74. The first-order valence-corrected chi connectivity index (χ1v) is 9.72. The van der Waals surface area contributed by atoms with Crippen LogP contribution in [0.15, 0.2) is 60.7 Å². The molecule has 0 aliphatic heterocycles. The Bertz CT molecular complexity index is 883. The molecule has 0 bridgehead atoms. The summed E-state index contributed by atoms with van der Waals surface area (Å²) >= 11 is 0. The largest absolute Gasteiger partial charge is 0.496 e. The van der Waals surface area contributed by atoms with Gasteiger partial charge >= 0.3 is 0 Å². The lowest BCUT2D eigenvalue weighted by Gasteiger charge is -2.19. The highest BCUT2D eigenvalue weighted by Gasteiger charge is 2.11. The van der Waals surface area contributed by atoms with Gasteiger partial charge in [-0.05, 0) is 12.5 Å². The summed E-state index contributed by atoms with van der Waals surface area (Å²) < 4.78 is 5.45. The minimum Gasteiger partial charge on any atom is -0.496 e. The molecule has 1 N–H and O–H groups in total. The number of nitrogens with zero attached hydrogens (tertiary/aromatic N) is 3. The van der Waals surface area contributed by atoms with Crippen LogP contribution >= 0.6 is 0 Å². The van der Waals surface area contributed by atoms with Crippen molar-refractivity contribution in [1.82, 2.24) is 9.97 Å². The Hall–Kier alpha value is -3.08. The predicted molar refractivity (Wildman–Crippen MR) is 116 cm³/mol. The average molecular weight is 377 g/mol. The van der Waals surface area contributed by atoms with Crippen LogP contribution in [0.2, 0.25) is 0 Å². The molecule has 3 rings (SSSR count). The van der Waals surface area contributed by atoms with Crippen molar-refractivity contribution >= 4 is 11.8 Å². The zero-order chi connectivity index (χ0) is 19.8. The quantitative estimate of drug-likeness (QED) is 0.569. The van der Waals surface area contributed by atoms with Gasteiger partial charge < -0.3 is 15.0 Å². The molecule has 3 aromatic rings. The van der Waals surface area contributed by atoms with Gasteiger partial charge in [0.25, 0.3) is 0 Å². The molecular formula is C23H28N4O. The van der Waals surface area contributed by atoms with Crippen molar-refractivity contribution in [3.8, 4) is 17.0 Å². The summed E-state index contributed by atoms with van der Waals surface area (Å²) in [4.78, 5) is 11.7. The third-order valence-electron chi connectivity index (χ3n) is 4.62. The summed E-state index contributed by atoms with van der Waals surface area (Å²) in [5, 5.41) is 3.44. The molecule has 0 unspecified atom stereocenters. The van der Waals surface area contributed by atoms with Crippen LogP contribution in [0.1, 0.15) is 25.3 Å². The van der Waals surface area contributed by atoms with Crippen LogP contribution in [0.25, 0.3) is 11.3 Å². The molecule has 2 aromatic carbocycles. The summed E-state index contributed by atoms with van der Waals surface area (Å²) in [6, 6.07) is 20.2. The molecule has 5 heteroatoms. The van der Waals surface area contributed by atoms with E-state index in [1.807, 2.05) is 49.5 Å². The Morgan fingerprint density at radius 3 is 2.50 bits per heavy atom. The van der Waals surface area contributed by atoms with Crippen molar-refractivity contribution in [2.45, 2.75) is 26.3 Å². The molecule has 0 saturated carbocycles. The lowest BCUT2D eigenvalue weighted by atomic mass is 10.1. The molecule has 146 valence electrons. The second-order valence-electron chi connectivity index (χ2n) is 6.74. The fourth-order valence-corrected chi connectivity index (χ4v) is 2.98. The Balaban J connectivity index is 1.88. The van der Waals surface area contributed by atoms with Crippen LogP contribution in [0.4, 0.5) is 11.8 Å². The van der Waals surface area contributed by atoms with Crippen LogP contribution in [0.5, 0.6) is 5.75 Å². The molecule has 0 fully saturated rings. The Labute approximate surface area is 167 Å². The second kappa shape index (κ2) is 9.74. The topological polar surface area (TPSA) is 50.3 Å². The smallest absolute Gasteiger partial charge is 0.227 e. The van der Waals surface area contributed by atoms with Gasteiger partial charge in [-0.3, -0.25) is 0 Å². The average Bonchev–Trinajstić information content (AvgIpc) is 2.76. The maximum absolute atomic E-state index is 5.45. The van der Waals surface area contributed by atoms with Crippen molar-refractivity contribution < 1.29 is 4.74 Å². The van der Waals surface area contributed by atoms with Crippen LogP contribution in [0.3, 0.4) is 0 Å². The number of methoxy groups -OCH3 is 1. The molecule has 1 heterocycles. The van der Waals surface area contributed by atoms with Gasteiger partial charge in [0.05, 0.1) is 12.8 Å². The van der Waals surface area contributed by atoms with Crippen LogP contribution in [-0.4, -0.2) is 30.7 Å². The number of hydrogen-bond donors (Lipinski definition) is 1. The highest BCUT2D eigenvalue weighted by atomic mass is 16.5. The summed E-state index contributed by atoms with van der Waals surface area (Å²) in [6.45, 7) is 3.75. The molecule has 0 atom stereocenters. The van der Waals surface area contributed by atoms with E-state index >= 15 is 0 Å². The minimum atomic E-state index is 0.632. The van der Waals surface area contributed by atoms with E-state index in [0.717, 1.165) is 53.7 Å². The molecule has 1 aromatic heterocycles. The van der Waals surface area contributed by atoms with Crippen LogP contribution in [0, 0.1) is 0 Å². The van der Waals surface area contributed by atoms with Gasteiger partial charge in [-0.1, -0.05) is 61.9 Å². The third-order valence-corrected chi connectivity index (χ3v) is 4.62. The van der Waals surface area contributed by atoms with E-state index in [0.29, 0.717) is 6.54 Å². The van der Waals surface area contributed by atoms with Gasteiger partial charge in [-0.15, -0.1) is 0 Å². The molecule has 5 nitrogen and oxygen atoms in total. The van der Waals surface area contributed by atoms with Gasteiger partial charge in [-0.25, -0.2) is 4.98 Å². The van der Waals surface area contributed by atoms with E-state index < -0.39 is 0 Å². The standard InChI is InChI=1S/C23H28N4O/c1-4-5-15-27(2)23-25-20(18-11-7-6-8-12-18)16-22(26-23)24-17-19-13-9-10-14-21(19)28-3/h6-14,16H,4-5,15,17H2,1-3H3,(H,24,25,26). The first-order chi connectivity index (χ1) is 13.7. The first kappa shape index (κ1) is 19.7. The predicted octanol–water partition coefficient (Wildman–Crippen LogP) is 5.00. The number of rotatable bonds is 9. The van der Waals surface area contributed by atoms with E-state index in [1.165, 1.54) is 0 Å². The molecular weight excluding hydrogens is 348 g/mol. The van der Waals surface area contributed by atoms with Crippen molar-refractivity contribution in [1.29, 1.82) is 0 Å². The van der Waals surface area contributed by atoms with E-state index in [-0.39, 0.29) is 0 Å². The number of ether oxygens (including phenoxy) is 1. The Kier molecular flexibility index (Phi) is 6.84. The summed E-state index contributed by atoms with van der Waals surface area (Å²) in [5.74, 6) is 2.41. The zero-order valence-corrected chi connectivity index (χ0v) is 16.9. The Morgan fingerprint density at radius 1 is 1.00 bits per heavy atom. The summed E-state index contributed by atoms with van der Waals surface area (Å²) in [6.07, 6.45) is 2.25. The van der Waals surface area contributed by atoms with Crippen molar-refractivity contribution in [3.05, 3.63) is 66.2 Å². The molecule has 0 aliphatic rings. The number of hydrogen-bond acceptors (Lipinski definition) is 5. The molecule has 0 radical (unpaired) electrons. The van der Waals surface area contributed by atoms with E-state index in [9.17, 15) is 0 Å². The number of para-hydroxylation sites is 1. The normalized spacial score (nSPS) is 10.5.